The van der Waals surface area contributed by atoms with Gasteiger partial charge in [0.1, 0.15) is 11.4 Å². The normalized spacial score (nSPS) is 15.5. The summed E-state index contributed by atoms with van der Waals surface area (Å²) in [4.78, 5) is 13.9. The molecule has 0 unspecified atom stereocenters. The number of terminal acetylenes is 1. The minimum Gasteiger partial charge on any atom is -0.444 e. The number of carbonyl (C=O) groups excluding carboxylic acids is 1. The topological polar surface area (TPSA) is 56.6 Å². The molecule has 0 N–H and O–H groups in total. The van der Waals surface area contributed by atoms with Crippen molar-refractivity contribution in [2.45, 2.75) is 51.6 Å². The first-order chi connectivity index (χ1) is 14.4. The summed E-state index contributed by atoms with van der Waals surface area (Å²) in [6.07, 6.45) is 4.68. The molecule has 166 valence electrons. The molecule has 0 saturated carbocycles. The lowest BCUT2D eigenvalue weighted by molar-refractivity contribution is -0.274. The molecule has 1 aromatic carbocycles. The molecular weight excluding hydrogens is 411 g/mol. The van der Waals surface area contributed by atoms with E-state index in [1.165, 1.54) is 24.4 Å². The fourth-order valence-electron chi connectivity index (χ4n) is 3.38. The molecule has 1 aromatic heterocycles. The van der Waals surface area contributed by atoms with E-state index in [1.807, 2.05) is 20.8 Å². The average Bonchev–Trinajstić information content (AvgIpc) is 3.16. The number of piperidine rings is 1. The van der Waals surface area contributed by atoms with Crippen LogP contribution in [0, 0.1) is 12.3 Å². The van der Waals surface area contributed by atoms with E-state index in [0.717, 1.165) is 0 Å². The van der Waals surface area contributed by atoms with Gasteiger partial charge in [-0.2, -0.15) is 5.10 Å². The molecule has 0 spiro atoms. The molecule has 9 heteroatoms. The Bertz CT molecular complexity index is 978. The average molecular weight is 435 g/mol. The lowest BCUT2D eigenvalue weighted by atomic mass is 10.0. The molecule has 1 fully saturated rings. The maximum absolute atomic E-state index is 12.8. The number of benzene rings is 1. The predicted octanol–water partition coefficient (Wildman–Crippen LogP) is 5.00. The Morgan fingerprint density at radius 2 is 1.90 bits per heavy atom. The highest BCUT2D eigenvalue weighted by Crippen LogP contribution is 2.35. The highest BCUT2D eigenvalue weighted by Gasteiger charge is 2.33. The number of rotatable bonds is 3. The van der Waals surface area contributed by atoms with Gasteiger partial charge in [-0.05, 0) is 51.8 Å². The number of ether oxygens (including phenoxy) is 2. The second kappa shape index (κ2) is 8.53. The quantitative estimate of drug-likeness (QED) is 0.637. The maximum Gasteiger partial charge on any atom is 0.573 e. The smallest absolute Gasteiger partial charge is 0.444 e. The number of hydrogen-bond acceptors (Lipinski definition) is 4. The number of likely N-dealkylation sites (tertiary alicyclic amines) is 1. The molecule has 0 atom stereocenters. The van der Waals surface area contributed by atoms with Gasteiger partial charge >= 0.3 is 12.5 Å². The van der Waals surface area contributed by atoms with Crippen molar-refractivity contribution in [2.24, 2.45) is 0 Å². The molecule has 1 aliphatic heterocycles. The lowest BCUT2D eigenvalue weighted by Crippen LogP contribution is -2.42. The lowest BCUT2D eigenvalue weighted by Gasteiger charge is -2.33. The Labute approximate surface area is 178 Å². The molecule has 31 heavy (non-hydrogen) atoms. The SMILES string of the molecule is C#Cc1ccc(OC(F)(F)F)c(-c2cnn(C3CCN(C(=O)OC(C)(C)C)CC3)c2)c1. The van der Waals surface area contributed by atoms with E-state index in [9.17, 15) is 18.0 Å². The summed E-state index contributed by atoms with van der Waals surface area (Å²) >= 11 is 0. The summed E-state index contributed by atoms with van der Waals surface area (Å²) in [5.41, 5.74) is 0.549. The Morgan fingerprint density at radius 3 is 2.48 bits per heavy atom. The van der Waals surface area contributed by atoms with E-state index in [2.05, 4.69) is 15.8 Å². The summed E-state index contributed by atoms with van der Waals surface area (Å²) in [6.45, 7) is 6.45. The highest BCUT2D eigenvalue weighted by molar-refractivity contribution is 5.71. The molecule has 3 rings (SSSR count). The van der Waals surface area contributed by atoms with Gasteiger partial charge in [0.05, 0.1) is 12.2 Å². The van der Waals surface area contributed by atoms with E-state index in [-0.39, 0.29) is 23.4 Å². The first-order valence-corrected chi connectivity index (χ1v) is 9.84. The third-order valence-corrected chi connectivity index (χ3v) is 4.77. The van der Waals surface area contributed by atoms with Gasteiger partial charge in [0.15, 0.2) is 0 Å². The van der Waals surface area contributed by atoms with Crippen LogP contribution in [0.3, 0.4) is 0 Å². The van der Waals surface area contributed by atoms with Crippen molar-refractivity contribution in [1.82, 2.24) is 14.7 Å². The molecule has 0 aliphatic carbocycles. The molecule has 2 heterocycles. The second-order valence-electron chi connectivity index (χ2n) is 8.31. The van der Waals surface area contributed by atoms with E-state index in [0.29, 0.717) is 37.1 Å². The monoisotopic (exact) mass is 435 g/mol. The minimum atomic E-state index is -4.82. The summed E-state index contributed by atoms with van der Waals surface area (Å²) in [5.74, 6) is 2.07. The first kappa shape index (κ1) is 22.5. The zero-order chi connectivity index (χ0) is 22.8. The van der Waals surface area contributed by atoms with Crippen LogP contribution in [0.15, 0.2) is 30.6 Å². The van der Waals surface area contributed by atoms with Crippen molar-refractivity contribution in [3.63, 3.8) is 0 Å². The van der Waals surface area contributed by atoms with E-state index >= 15 is 0 Å². The number of carbonyl (C=O) groups is 1. The number of alkyl halides is 3. The Morgan fingerprint density at radius 1 is 1.23 bits per heavy atom. The Balaban J connectivity index is 1.74. The summed E-state index contributed by atoms with van der Waals surface area (Å²) in [6, 6.07) is 4.07. The molecule has 1 amide bonds. The van der Waals surface area contributed by atoms with Gasteiger partial charge < -0.3 is 14.4 Å². The molecule has 0 bridgehead atoms. The van der Waals surface area contributed by atoms with Crippen molar-refractivity contribution in [1.29, 1.82) is 0 Å². The van der Waals surface area contributed by atoms with Crippen LogP contribution >= 0.6 is 0 Å². The van der Waals surface area contributed by atoms with Gasteiger partial charge in [-0.1, -0.05) is 5.92 Å². The van der Waals surface area contributed by atoms with Crippen LogP contribution in [0.4, 0.5) is 18.0 Å². The fraction of sp³-hybridized carbons (Fsp3) is 0.455. The Hall–Kier alpha value is -3.15. The van der Waals surface area contributed by atoms with Crippen molar-refractivity contribution in [2.75, 3.05) is 13.1 Å². The van der Waals surface area contributed by atoms with Gasteiger partial charge in [0.25, 0.3) is 0 Å². The Kier molecular flexibility index (Phi) is 6.20. The maximum atomic E-state index is 12.8. The van der Waals surface area contributed by atoms with Crippen molar-refractivity contribution < 1.29 is 27.4 Å². The molecule has 1 saturated heterocycles. The fourth-order valence-corrected chi connectivity index (χ4v) is 3.38. The minimum absolute atomic E-state index is 0.00948. The zero-order valence-electron chi connectivity index (χ0n) is 17.6. The third kappa shape index (κ3) is 5.94. The largest absolute Gasteiger partial charge is 0.573 e. The summed E-state index contributed by atoms with van der Waals surface area (Å²) in [7, 11) is 0. The molecular formula is C22H24F3N3O3. The molecule has 0 radical (unpaired) electrons. The number of nitrogens with zero attached hydrogens (tertiary/aromatic N) is 3. The molecule has 6 nitrogen and oxygen atoms in total. The van der Waals surface area contributed by atoms with E-state index < -0.39 is 12.0 Å². The van der Waals surface area contributed by atoms with Crippen molar-refractivity contribution in [3.05, 3.63) is 36.2 Å². The molecule has 1 aliphatic rings. The van der Waals surface area contributed by atoms with Crippen LogP contribution in [-0.2, 0) is 4.74 Å². The van der Waals surface area contributed by atoms with Crippen LogP contribution in [-0.4, -0.2) is 45.8 Å². The van der Waals surface area contributed by atoms with Gasteiger partial charge in [0, 0.05) is 36.0 Å². The number of aromatic nitrogens is 2. The van der Waals surface area contributed by atoms with Crippen LogP contribution < -0.4 is 4.74 Å². The predicted molar refractivity (Wildman–Crippen MR) is 108 cm³/mol. The highest BCUT2D eigenvalue weighted by atomic mass is 19.4. The summed E-state index contributed by atoms with van der Waals surface area (Å²) < 4.78 is 49.6. The third-order valence-electron chi connectivity index (χ3n) is 4.77. The number of amides is 1. The first-order valence-electron chi connectivity index (χ1n) is 9.84. The summed E-state index contributed by atoms with van der Waals surface area (Å²) in [5, 5.41) is 4.33. The van der Waals surface area contributed by atoms with Crippen LogP contribution in [0.2, 0.25) is 0 Å². The zero-order valence-corrected chi connectivity index (χ0v) is 17.6. The second-order valence-corrected chi connectivity index (χ2v) is 8.31. The van der Waals surface area contributed by atoms with Gasteiger partial charge in [0.2, 0.25) is 0 Å². The van der Waals surface area contributed by atoms with Crippen LogP contribution in [0.1, 0.15) is 45.2 Å². The van der Waals surface area contributed by atoms with Crippen LogP contribution in [0.5, 0.6) is 5.75 Å². The number of halogens is 3. The van der Waals surface area contributed by atoms with E-state index in [1.54, 1.807) is 15.8 Å². The van der Waals surface area contributed by atoms with Crippen molar-refractivity contribution >= 4 is 6.09 Å². The molecule has 2 aromatic rings. The number of hydrogen-bond donors (Lipinski definition) is 0. The van der Waals surface area contributed by atoms with Gasteiger partial charge in [-0.15, -0.1) is 19.6 Å². The van der Waals surface area contributed by atoms with Gasteiger partial charge in [-0.3, -0.25) is 4.68 Å². The van der Waals surface area contributed by atoms with Crippen molar-refractivity contribution in [3.8, 4) is 29.2 Å². The van der Waals surface area contributed by atoms with E-state index in [4.69, 9.17) is 11.2 Å². The van der Waals surface area contributed by atoms with Gasteiger partial charge in [-0.25, -0.2) is 4.79 Å². The standard InChI is InChI=1S/C22H24F3N3O3/c1-5-15-6-7-19(30-22(23,24)25)18(12-15)16-13-26-28(14-16)17-8-10-27(11-9-17)20(29)31-21(2,3)4/h1,6-7,12-14,17H,8-11H2,2-4H3. The van der Waals surface area contributed by atoms with Crippen LogP contribution in [0.25, 0.3) is 11.1 Å².